The maximum absolute atomic E-state index is 13.0. The largest absolute Gasteiger partial charge is 0.446 e. The van der Waals surface area contributed by atoms with E-state index in [9.17, 15) is 14.4 Å². The van der Waals surface area contributed by atoms with Crippen LogP contribution in [-0.4, -0.2) is 84.6 Å². The smallest absolute Gasteiger partial charge is 0.407 e. The molecule has 2 saturated heterocycles. The van der Waals surface area contributed by atoms with E-state index in [1.165, 1.54) is 11.2 Å². The van der Waals surface area contributed by atoms with Crippen molar-refractivity contribution >= 4 is 34.9 Å². The lowest BCUT2D eigenvalue weighted by Gasteiger charge is -2.28. The quantitative estimate of drug-likeness (QED) is 0.386. The molecule has 5 atom stereocenters. The van der Waals surface area contributed by atoms with Crippen molar-refractivity contribution in [3.8, 4) is 0 Å². The SMILES string of the molecule is CC(C)(C)NC(=O)OC(CCN1C(=O)c2ccccc2C1=O)C[C@H]1O[C@@H](n2cnc3c(N)ncnc32)[C@@H]2OC(C)(C)O[C@@H]21. The lowest BCUT2D eigenvalue weighted by Crippen LogP contribution is -2.44. The van der Waals surface area contributed by atoms with E-state index in [1.807, 2.05) is 34.6 Å². The Hall–Kier alpha value is -4.14. The molecule has 3 aromatic rings. The van der Waals surface area contributed by atoms with Crippen LogP contribution >= 0.6 is 0 Å². The lowest BCUT2D eigenvalue weighted by molar-refractivity contribution is -0.199. The van der Waals surface area contributed by atoms with E-state index in [-0.39, 0.29) is 37.0 Å². The molecule has 14 nitrogen and oxygen atoms in total. The zero-order valence-corrected chi connectivity index (χ0v) is 24.6. The van der Waals surface area contributed by atoms with Crippen molar-refractivity contribution in [1.82, 2.24) is 29.7 Å². The third-order valence-corrected chi connectivity index (χ3v) is 7.59. The van der Waals surface area contributed by atoms with Gasteiger partial charge in [-0.2, -0.15) is 0 Å². The summed E-state index contributed by atoms with van der Waals surface area (Å²) >= 11 is 0. The summed E-state index contributed by atoms with van der Waals surface area (Å²) < 4.78 is 26.7. The molecule has 0 radical (unpaired) electrons. The van der Waals surface area contributed by atoms with Gasteiger partial charge in [0.15, 0.2) is 23.5 Å². The Labute approximate surface area is 247 Å². The maximum atomic E-state index is 13.0. The number of hydrogen-bond acceptors (Lipinski definition) is 11. The molecule has 3 aliphatic rings. The van der Waals surface area contributed by atoms with Gasteiger partial charge in [-0.1, -0.05) is 12.1 Å². The van der Waals surface area contributed by atoms with Gasteiger partial charge < -0.3 is 30.0 Å². The highest BCUT2D eigenvalue weighted by Crippen LogP contribution is 2.45. The summed E-state index contributed by atoms with van der Waals surface area (Å²) in [6.07, 6.45) is -0.340. The van der Waals surface area contributed by atoms with Gasteiger partial charge in [-0.3, -0.25) is 19.1 Å². The zero-order valence-electron chi connectivity index (χ0n) is 24.6. The summed E-state index contributed by atoms with van der Waals surface area (Å²) in [5, 5.41) is 2.81. The Bertz CT molecular complexity index is 1550. The number of carbonyl (C=O) groups excluding carboxylic acids is 3. The molecular formula is C29H35N7O7. The van der Waals surface area contributed by atoms with Gasteiger partial charge in [0, 0.05) is 24.9 Å². The molecule has 3 N–H and O–H groups in total. The van der Waals surface area contributed by atoms with Gasteiger partial charge in [-0.25, -0.2) is 19.7 Å². The van der Waals surface area contributed by atoms with Gasteiger partial charge in [0.1, 0.15) is 30.2 Å². The zero-order chi connectivity index (χ0) is 30.7. The third-order valence-electron chi connectivity index (χ3n) is 7.59. The Kier molecular flexibility index (Phi) is 7.10. The summed E-state index contributed by atoms with van der Waals surface area (Å²) in [7, 11) is 0. The molecule has 0 bridgehead atoms. The molecule has 2 aromatic heterocycles. The number of nitrogens with zero attached hydrogens (tertiary/aromatic N) is 5. The Morgan fingerprint density at radius 1 is 1.09 bits per heavy atom. The van der Waals surface area contributed by atoms with Crippen LogP contribution in [-0.2, 0) is 18.9 Å². The van der Waals surface area contributed by atoms with E-state index < -0.39 is 48.1 Å². The molecule has 43 heavy (non-hydrogen) atoms. The Morgan fingerprint density at radius 3 is 2.44 bits per heavy atom. The molecule has 0 spiro atoms. The number of imidazole rings is 1. The van der Waals surface area contributed by atoms with Crippen LogP contribution in [0.3, 0.4) is 0 Å². The van der Waals surface area contributed by atoms with Crippen LogP contribution in [0.15, 0.2) is 36.9 Å². The first-order chi connectivity index (χ1) is 20.3. The van der Waals surface area contributed by atoms with E-state index in [0.29, 0.717) is 22.3 Å². The minimum absolute atomic E-state index is 0.0509. The molecule has 0 aliphatic carbocycles. The second-order valence-electron chi connectivity index (χ2n) is 12.4. The second-order valence-corrected chi connectivity index (χ2v) is 12.4. The number of carbonyl (C=O) groups is 3. The molecule has 1 aromatic carbocycles. The predicted molar refractivity (Wildman–Crippen MR) is 152 cm³/mol. The number of rotatable bonds is 7. The number of hydrogen-bond donors (Lipinski definition) is 2. The van der Waals surface area contributed by atoms with Gasteiger partial charge in [0.25, 0.3) is 11.8 Å². The van der Waals surface area contributed by atoms with Crippen LogP contribution in [0, 0.1) is 0 Å². The number of alkyl carbamates (subject to hydrolysis) is 1. The van der Waals surface area contributed by atoms with Crippen molar-refractivity contribution in [2.75, 3.05) is 12.3 Å². The van der Waals surface area contributed by atoms with Crippen molar-refractivity contribution in [2.24, 2.45) is 0 Å². The highest BCUT2D eigenvalue weighted by molar-refractivity contribution is 6.21. The van der Waals surface area contributed by atoms with Crippen LogP contribution in [0.1, 0.15) is 74.4 Å². The summed E-state index contributed by atoms with van der Waals surface area (Å²) in [6, 6.07) is 6.69. The Balaban J connectivity index is 1.24. The van der Waals surface area contributed by atoms with Crippen LogP contribution in [0.5, 0.6) is 0 Å². The van der Waals surface area contributed by atoms with Gasteiger partial charge >= 0.3 is 6.09 Å². The topological polar surface area (TPSA) is 173 Å². The molecular weight excluding hydrogens is 558 g/mol. The maximum Gasteiger partial charge on any atom is 0.407 e. The summed E-state index contributed by atoms with van der Waals surface area (Å²) in [5.41, 5.74) is 7.10. The number of fused-ring (bicyclic) bond motifs is 3. The summed E-state index contributed by atoms with van der Waals surface area (Å²) in [5.74, 6) is -1.41. The average molecular weight is 594 g/mol. The molecule has 14 heteroatoms. The normalized spacial score (nSPS) is 25.2. The molecule has 228 valence electrons. The lowest BCUT2D eigenvalue weighted by atomic mass is 10.0. The van der Waals surface area contributed by atoms with Crippen LogP contribution < -0.4 is 11.1 Å². The Morgan fingerprint density at radius 2 is 1.77 bits per heavy atom. The van der Waals surface area contributed by atoms with Crippen LogP contribution in [0.25, 0.3) is 11.2 Å². The van der Waals surface area contributed by atoms with Crippen molar-refractivity contribution in [3.05, 3.63) is 48.0 Å². The van der Waals surface area contributed by atoms with Gasteiger partial charge in [-0.15, -0.1) is 0 Å². The molecule has 2 fully saturated rings. The van der Waals surface area contributed by atoms with Crippen molar-refractivity contribution in [2.45, 2.75) is 89.4 Å². The number of imide groups is 1. The molecule has 3 amide bonds. The fourth-order valence-electron chi connectivity index (χ4n) is 5.82. The minimum atomic E-state index is -0.903. The number of aromatic nitrogens is 4. The van der Waals surface area contributed by atoms with Crippen molar-refractivity contribution in [1.29, 1.82) is 0 Å². The number of nitrogens with two attached hydrogens (primary N) is 1. The average Bonchev–Trinajstić information content (AvgIpc) is 3.64. The number of ether oxygens (including phenoxy) is 4. The first-order valence-electron chi connectivity index (χ1n) is 14.2. The van der Waals surface area contributed by atoms with Gasteiger partial charge in [0.2, 0.25) is 0 Å². The molecule has 1 unspecified atom stereocenters. The van der Waals surface area contributed by atoms with E-state index in [0.717, 1.165) is 0 Å². The number of amides is 3. The highest BCUT2D eigenvalue weighted by Gasteiger charge is 2.56. The van der Waals surface area contributed by atoms with Crippen LogP contribution in [0.2, 0.25) is 0 Å². The fourth-order valence-corrected chi connectivity index (χ4v) is 5.82. The standard InChI is InChI=1S/C29H35N7O7/c1-28(2,3)34-27(39)40-15(10-11-35-24(37)16-8-6-7-9-17(16)25(35)38)12-18-20-21(43-29(4,5)42-20)26(41-18)36-14-33-19-22(30)31-13-32-23(19)36/h6-9,13-15,18,20-21,26H,10-12H2,1-5H3,(H,34,39)(H2,30,31,32)/t15?,18-,20-,21-,26-/m1/s1. The van der Waals surface area contributed by atoms with Gasteiger partial charge in [-0.05, 0) is 46.8 Å². The first-order valence-corrected chi connectivity index (χ1v) is 14.2. The number of benzene rings is 1. The molecule has 0 saturated carbocycles. The number of anilines is 1. The first kappa shape index (κ1) is 29.0. The minimum Gasteiger partial charge on any atom is -0.446 e. The van der Waals surface area contributed by atoms with Crippen LogP contribution in [0.4, 0.5) is 10.6 Å². The van der Waals surface area contributed by atoms with Crippen molar-refractivity contribution in [3.63, 3.8) is 0 Å². The molecule has 3 aliphatic heterocycles. The second kappa shape index (κ2) is 10.5. The van der Waals surface area contributed by atoms with E-state index in [2.05, 4.69) is 20.3 Å². The summed E-state index contributed by atoms with van der Waals surface area (Å²) in [4.78, 5) is 52.8. The fraction of sp³-hybridized carbons (Fsp3) is 0.517. The number of nitrogen functional groups attached to an aromatic ring is 1. The van der Waals surface area contributed by atoms with Crippen molar-refractivity contribution < 1.29 is 33.3 Å². The van der Waals surface area contributed by atoms with E-state index in [4.69, 9.17) is 24.7 Å². The predicted octanol–water partition coefficient (Wildman–Crippen LogP) is 2.80. The van der Waals surface area contributed by atoms with E-state index in [1.54, 1.807) is 35.2 Å². The third kappa shape index (κ3) is 5.53. The molecule has 5 heterocycles. The number of nitrogens with one attached hydrogen (secondary N) is 1. The monoisotopic (exact) mass is 593 g/mol. The highest BCUT2D eigenvalue weighted by atomic mass is 16.8. The molecule has 6 rings (SSSR count). The summed E-state index contributed by atoms with van der Waals surface area (Å²) in [6.45, 7) is 9.21. The van der Waals surface area contributed by atoms with Gasteiger partial charge in [0.05, 0.1) is 23.6 Å². The van der Waals surface area contributed by atoms with E-state index >= 15 is 0 Å².